The Kier molecular flexibility index (Phi) is 12.9. The molecule has 1 atom stereocenters. The predicted molar refractivity (Wildman–Crippen MR) is 103 cm³/mol. The predicted octanol–water partition coefficient (Wildman–Crippen LogP) is 7.12. The van der Waals surface area contributed by atoms with E-state index in [1.165, 1.54) is 89.9 Å². The Labute approximate surface area is 150 Å². The van der Waals surface area contributed by atoms with Crippen molar-refractivity contribution in [1.29, 1.82) is 0 Å². The Morgan fingerprint density at radius 1 is 0.750 bits per heavy atom. The molecular formula is C22H40O2. The largest absolute Gasteiger partial charge is 0.454 e. The fourth-order valence-corrected chi connectivity index (χ4v) is 3.41. The number of carbonyl (C=O) groups is 1. The summed E-state index contributed by atoms with van der Waals surface area (Å²) in [6.07, 6.45) is 23.0. The Morgan fingerprint density at radius 3 is 1.79 bits per heavy atom. The summed E-state index contributed by atoms with van der Waals surface area (Å²) in [5, 5.41) is 0. The SMILES string of the molecule is CCCCC/C=C1/C(=O)OC1CCCCCCCCCCCCC. The second-order valence-corrected chi connectivity index (χ2v) is 7.37. The number of rotatable bonds is 16. The van der Waals surface area contributed by atoms with Gasteiger partial charge in [0.15, 0.2) is 0 Å². The third-order valence-electron chi connectivity index (χ3n) is 5.07. The van der Waals surface area contributed by atoms with Gasteiger partial charge < -0.3 is 4.74 Å². The summed E-state index contributed by atoms with van der Waals surface area (Å²) in [6, 6.07) is 0. The van der Waals surface area contributed by atoms with Gasteiger partial charge >= 0.3 is 5.97 Å². The topological polar surface area (TPSA) is 26.3 Å². The van der Waals surface area contributed by atoms with Gasteiger partial charge in [-0.3, -0.25) is 0 Å². The van der Waals surface area contributed by atoms with E-state index in [-0.39, 0.29) is 12.1 Å². The number of hydrogen-bond acceptors (Lipinski definition) is 2. The molecule has 0 N–H and O–H groups in total. The van der Waals surface area contributed by atoms with E-state index >= 15 is 0 Å². The normalized spacial score (nSPS) is 18.7. The van der Waals surface area contributed by atoms with Gasteiger partial charge in [-0.2, -0.15) is 0 Å². The smallest absolute Gasteiger partial charge is 0.338 e. The summed E-state index contributed by atoms with van der Waals surface area (Å²) in [5.41, 5.74) is 0.957. The fourth-order valence-electron chi connectivity index (χ4n) is 3.41. The first-order valence-electron chi connectivity index (χ1n) is 10.7. The van der Waals surface area contributed by atoms with Crippen molar-refractivity contribution in [1.82, 2.24) is 0 Å². The van der Waals surface area contributed by atoms with Gasteiger partial charge in [0.05, 0.1) is 5.57 Å². The molecule has 1 fully saturated rings. The molecular weight excluding hydrogens is 296 g/mol. The van der Waals surface area contributed by atoms with Crippen LogP contribution >= 0.6 is 0 Å². The van der Waals surface area contributed by atoms with Crippen molar-refractivity contribution >= 4 is 5.97 Å². The number of carbonyl (C=O) groups excluding carboxylic acids is 1. The van der Waals surface area contributed by atoms with Crippen LogP contribution in [0, 0.1) is 0 Å². The molecule has 0 saturated carbocycles. The van der Waals surface area contributed by atoms with E-state index in [2.05, 4.69) is 19.9 Å². The number of cyclic esters (lactones) is 1. The van der Waals surface area contributed by atoms with Crippen molar-refractivity contribution in [2.24, 2.45) is 0 Å². The van der Waals surface area contributed by atoms with Crippen LogP contribution in [0.15, 0.2) is 11.6 Å². The molecule has 0 spiro atoms. The standard InChI is InChI=1S/C22H40O2/c1-3-5-7-9-10-11-12-13-14-15-17-19-21-20(22(23)24-21)18-16-8-6-4-2/h18,21H,3-17,19H2,1-2H3/b20-18+. The van der Waals surface area contributed by atoms with Gasteiger partial charge in [0.1, 0.15) is 6.10 Å². The quantitative estimate of drug-likeness (QED) is 0.170. The third-order valence-corrected chi connectivity index (χ3v) is 5.07. The van der Waals surface area contributed by atoms with Crippen LogP contribution in [0.5, 0.6) is 0 Å². The molecule has 0 bridgehead atoms. The molecule has 2 nitrogen and oxygen atoms in total. The van der Waals surface area contributed by atoms with Gasteiger partial charge in [0.2, 0.25) is 0 Å². The van der Waals surface area contributed by atoms with Crippen LogP contribution < -0.4 is 0 Å². The van der Waals surface area contributed by atoms with Crippen molar-refractivity contribution < 1.29 is 9.53 Å². The van der Waals surface area contributed by atoms with E-state index in [0.717, 1.165) is 18.4 Å². The van der Waals surface area contributed by atoms with E-state index in [1.54, 1.807) is 0 Å². The Balaban J connectivity index is 1.92. The van der Waals surface area contributed by atoms with Gasteiger partial charge in [-0.1, -0.05) is 97.0 Å². The maximum atomic E-state index is 11.5. The summed E-state index contributed by atoms with van der Waals surface area (Å²) in [7, 11) is 0. The maximum absolute atomic E-state index is 11.5. The molecule has 0 aromatic heterocycles. The van der Waals surface area contributed by atoms with Gasteiger partial charge in [-0.05, 0) is 25.7 Å². The highest BCUT2D eigenvalue weighted by molar-refractivity contribution is 5.95. The zero-order chi connectivity index (χ0) is 17.5. The van der Waals surface area contributed by atoms with Crippen LogP contribution in [0.4, 0.5) is 0 Å². The van der Waals surface area contributed by atoms with Crippen molar-refractivity contribution in [2.45, 2.75) is 123 Å². The molecule has 24 heavy (non-hydrogen) atoms. The highest BCUT2D eigenvalue weighted by atomic mass is 16.6. The van der Waals surface area contributed by atoms with E-state index in [9.17, 15) is 4.79 Å². The fraction of sp³-hybridized carbons (Fsp3) is 0.864. The Bertz CT molecular complexity index is 346. The second-order valence-electron chi connectivity index (χ2n) is 7.37. The van der Waals surface area contributed by atoms with Gasteiger partial charge in [0.25, 0.3) is 0 Å². The summed E-state index contributed by atoms with van der Waals surface area (Å²) in [5.74, 6) is -0.0698. The average Bonchev–Trinajstić information content (AvgIpc) is 2.58. The van der Waals surface area contributed by atoms with Crippen molar-refractivity contribution in [2.75, 3.05) is 0 Å². The first-order valence-corrected chi connectivity index (χ1v) is 10.7. The van der Waals surface area contributed by atoms with E-state index in [0.29, 0.717) is 0 Å². The number of esters is 1. The van der Waals surface area contributed by atoms with Crippen LogP contribution in [0.25, 0.3) is 0 Å². The summed E-state index contributed by atoms with van der Waals surface area (Å²) in [6.45, 7) is 4.48. The number of ether oxygens (including phenoxy) is 1. The van der Waals surface area contributed by atoms with Gasteiger partial charge in [-0.15, -0.1) is 0 Å². The maximum Gasteiger partial charge on any atom is 0.338 e. The monoisotopic (exact) mass is 336 g/mol. The number of hydrogen-bond donors (Lipinski definition) is 0. The van der Waals surface area contributed by atoms with E-state index in [1.807, 2.05) is 0 Å². The second kappa shape index (κ2) is 14.5. The molecule has 0 aromatic carbocycles. The average molecular weight is 337 g/mol. The lowest BCUT2D eigenvalue weighted by molar-refractivity contribution is -0.156. The summed E-state index contributed by atoms with van der Waals surface area (Å²) < 4.78 is 5.29. The first-order chi connectivity index (χ1) is 11.8. The third kappa shape index (κ3) is 9.49. The Morgan fingerprint density at radius 2 is 1.25 bits per heavy atom. The van der Waals surface area contributed by atoms with Crippen LogP contribution in [-0.4, -0.2) is 12.1 Å². The molecule has 0 radical (unpaired) electrons. The zero-order valence-electron chi connectivity index (χ0n) is 16.3. The number of unbranched alkanes of at least 4 members (excludes halogenated alkanes) is 13. The highest BCUT2D eigenvalue weighted by Gasteiger charge is 2.34. The lowest BCUT2D eigenvalue weighted by Gasteiger charge is -2.29. The van der Waals surface area contributed by atoms with E-state index in [4.69, 9.17) is 4.74 Å². The van der Waals surface area contributed by atoms with Crippen LogP contribution in [0.3, 0.4) is 0 Å². The molecule has 1 aliphatic heterocycles. The lowest BCUT2D eigenvalue weighted by Crippen LogP contribution is -2.36. The Hall–Kier alpha value is -0.790. The number of allylic oxidation sites excluding steroid dienone is 1. The summed E-state index contributed by atoms with van der Waals surface area (Å²) >= 11 is 0. The molecule has 1 heterocycles. The molecule has 0 aromatic rings. The van der Waals surface area contributed by atoms with Crippen molar-refractivity contribution in [3.63, 3.8) is 0 Å². The van der Waals surface area contributed by atoms with E-state index < -0.39 is 0 Å². The molecule has 0 aliphatic carbocycles. The molecule has 1 rings (SSSR count). The van der Waals surface area contributed by atoms with Gasteiger partial charge in [0, 0.05) is 0 Å². The molecule has 1 saturated heterocycles. The van der Waals surface area contributed by atoms with Crippen molar-refractivity contribution in [3.05, 3.63) is 11.6 Å². The van der Waals surface area contributed by atoms with Crippen LogP contribution in [0.1, 0.15) is 117 Å². The molecule has 2 heteroatoms. The molecule has 1 aliphatic rings. The minimum atomic E-state index is -0.0698. The summed E-state index contributed by atoms with van der Waals surface area (Å²) in [4.78, 5) is 11.5. The van der Waals surface area contributed by atoms with Gasteiger partial charge in [-0.25, -0.2) is 4.79 Å². The molecule has 140 valence electrons. The van der Waals surface area contributed by atoms with Crippen molar-refractivity contribution in [3.8, 4) is 0 Å². The molecule has 1 unspecified atom stereocenters. The minimum Gasteiger partial charge on any atom is -0.454 e. The van der Waals surface area contributed by atoms with Crippen LogP contribution in [-0.2, 0) is 9.53 Å². The highest BCUT2D eigenvalue weighted by Crippen LogP contribution is 2.27. The van der Waals surface area contributed by atoms with Crippen LogP contribution in [0.2, 0.25) is 0 Å². The lowest BCUT2D eigenvalue weighted by atomic mass is 9.96. The molecule has 0 amide bonds. The first kappa shape index (κ1) is 21.3. The zero-order valence-corrected chi connectivity index (χ0v) is 16.3. The minimum absolute atomic E-state index is 0.0698.